The molecule has 5 heteroatoms. The van der Waals surface area contributed by atoms with Crippen molar-refractivity contribution in [3.8, 4) is 0 Å². The van der Waals surface area contributed by atoms with Crippen molar-refractivity contribution in [3.63, 3.8) is 0 Å². The van der Waals surface area contributed by atoms with Gasteiger partial charge in [-0.15, -0.1) is 0 Å². The van der Waals surface area contributed by atoms with Crippen LogP contribution in [0.2, 0.25) is 0 Å². The Morgan fingerprint density at radius 2 is 1.44 bits per heavy atom. The normalized spacial score (nSPS) is 23.4. The van der Waals surface area contributed by atoms with Gasteiger partial charge in [0.05, 0.1) is 5.92 Å². The van der Waals surface area contributed by atoms with Crippen LogP contribution in [0.15, 0.2) is 48.5 Å². The molecule has 2 aromatic carbocycles. The number of nitrogens with zero attached hydrogens (tertiary/aromatic N) is 2. The molecular formula is C29H32N2O3. The van der Waals surface area contributed by atoms with Crippen LogP contribution in [0, 0.1) is 11.3 Å². The first-order valence-electron chi connectivity index (χ1n) is 12.8. The lowest BCUT2D eigenvalue weighted by Gasteiger charge is -2.39. The summed E-state index contributed by atoms with van der Waals surface area (Å²) in [4.78, 5) is 42.8. The molecule has 2 fully saturated rings. The highest BCUT2D eigenvalue weighted by Crippen LogP contribution is 2.43. The Bertz CT molecular complexity index is 1120. The van der Waals surface area contributed by atoms with E-state index >= 15 is 0 Å². The number of carbonyl (C=O) groups excluding carboxylic acids is 3. The van der Waals surface area contributed by atoms with Crippen LogP contribution in [0.25, 0.3) is 0 Å². The van der Waals surface area contributed by atoms with Crippen molar-refractivity contribution in [2.45, 2.75) is 50.9 Å². The summed E-state index contributed by atoms with van der Waals surface area (Å²) in [5, 5.41) is 0. The first kappa shape index (κ1) is 21.6. The van der Waals surface area contributed by atoms with Crippen molar-refractivity contribution in [2.75, 3.05) is 26.2 Å². The maximum atomic E-state index is 13.4. The number of ketones is 1. The molecule has 2 aromatic rings. The van der Waals surface area contributed by atoms with Gasteiger partial charge < -0.3 is 9.80 Å². The van der Waals surface area contributed by atoms with Gasteiger partial charge in [-0.2, -0.15) is 0 Å². The molecule has 6 rings (SSSR count). The molecule has 0 aromatic heterocycles. The maximum absolute atomic E-state index is 13.4. The van der Waals surface area contributed by atoms with Gasteiger partial charge in [0.2, 0.25) is 11.8 Å². The number of amides is 2. The molecule has 2 aliphatic heterocycles. The predicted molar refractivity (Wildman–Crippen MR) is 130 cm³/mol. The molecule has 2 amide bonds. The second-order valence-electron chi connectivity index (χ2n) is 10.9. The lowest BCUT2D eigenvalue weighted by molar-refractivity contribution is -0.135. The molecule has 176 valence electrons. The smallest absolute Gasteiger partial charge is 0.230 e. The zero-order chi connectivity index (χ0) is 23.3. The largest absolute Gasteiger partial charge is 0.343 e. The molecule has 2 aliphatic carbocycles. The van der Waals surface area contributed by atoms with Crippen LogP contribution in [-0.4, -0.2) is 53.6 Å². The summed E-state index contributed by atoms with van der Waals surface area (Å²) in [7, 11) is 0. The summed E-state index contributed by atoms with van der Waals surface area (Å²) >= 11 is 0. The molecule has 0 saturated carbocycles. The average Bonchev–Trinajstić information content (AvgIpc) is 3.55. The molecule has 2 heterocycles. The molecule has 1 unspecified atom stereocenters. The minimum Gasteiger partial charge on any atom is -0.343 e. The van der Waals surface area contributed by atoms with Gasteiger partial charge in [-0.3, -0.25) is 14.4 Å². The first-order valence-corrected chi connectivity index (χ1v) is 12.8. The Balaban J connectivity index is 1.03. The molecule has 0 bridgehead atoms. The third-order valence-corrected chi connectivity index (χ3v) is 8.85. The number of benzene rings is 2. The number of rotatable bonds is 3. The van der Waals surface area contributed by atoms with E-state index in [0.29, 0.717) is 30.2 Å². The van der Waals surface area contributed by atoms with Crippen LogP contribution in [0.5, 0.6) is 0 Å². The van der Waals surface area contributed by atoms with Gasteiger partial charge in [0.1, 0.15) is 0 Å². The van der Waals surface area contributed by atoms with Crippen LogP contribution in [0.4, 0.5) is 0 Å². The van der Waals surface area contributed by atoms with Gasteiger partial charge in [0.25, 0.3) is 0 Å². The number of fused-ring (bicyclic) bond motifs is 2. The fraction of sp³-hybridized carbons (Fsp3) is 0.483. The van der Waals surface area contributed by atoms with Crippen LogP contribution < -0.4 is 0 Å². The standard InChI is InChI=1S/C29H32N2O3/c32-26-18-25(23-7-3-4-8-24(23)26)28(34)31-14-11-29(19-31)9-12-30(13-10-29)27(33)17-20-15-21-5-1-2-6-22(21)16-20/h1-8,20,25H,9-19H2. The quantitative estimate of drug-likeness (QED) is 0.702. The summed E-state index contributed by atoms with van der Waals surface area (Å²) in [5.74, 6) is 0.586. The van der Waals surface area contributed by atoms with Crippen molar-refractivity contribution < 1.29 is 14.4 Å². The van der Waals surface area contributed by atoms with E-state index in [2.05, 4.69) is 29.2 Å². The number of Topliss-reactive ketones (excluding diaryl/α,β-unsaturated/α-hetero) is 1. The van der Waals surface area contributed by atoms with Gasteiger partial charge in [0.15, 0.2) is 5.78 Å². The van der Waals surface area contributed by atoms with E-state index in [1.165, 1.54) is 11.1 Å². The summed E-state index contributed by atoms with van der Waals surface area (Å²) in [6.07, 6.45) is 5.91. The minimum absolute atomic E-state index is 0.0834. The average molecular weight is 457 g/mol. The number of likely N-dealkylation sites (tertiary alicyclic amines) is 2. The van der Waals surface area contributed by atoms with Crippen LogP contribution in [-0.2, 0) is 22.4 Å². The molecule has 1 atom stereocenters. The van der Waals surface area contributed by atoms with Gasteiger partial charge in [0, 0.05) is 44.6 Å². The molecule has 34 heavy (non-hydrogen) atoms. The lowest BCUT2D eigenvalue weighted by Crippen LogP contribution is -2.45. The second-order valence-corrected chi connectivity index (χ2v) is 10.9. The summed E-state index contributed by atoms with van der Waals surface area (Å²) < 4.78 is 0. The Hall–Kier alpha value is -2.95. The molecule has 4 aliphatic rings. The summed E-state index contributed by atoms with van der Waals surface area (Å²) in [6.45, 7) is 3.12. The first-order chi connectivity index (χ1) is 16.5. The van der Waals surface area contributed by atoms with E-state index in [4.69, 9.17) is 0 Å². The lowest BCUT2D eigenvalue weighted by atomic mass is 9.77. The van der Waals surface area contributed by atoms with Gasteiger partial charge >= 0.3 is 0 Å². The zero-order valence-electron chi connectivity index (χ0n) is 19.7. The number of carbonyl (C=O) groups is 3. The summed E-state index contributed by atoms with van der Waals surface area (Å²) in [6, 6.07) is 16.1. The van der Waals surface area contributed by atoms with Crippen molar-refractivity contribution in [2.24, 2.45) is 11.3 Å². The van der Waals surface area contributed by atoms with Crippen molar-refractivity contribution in [3.05, 3.63) is 70.8 Å². The van der Waals surface area contributed by atoms with Crippen molar-refractivity contribution >= 4 is 17.6 Å². The predicted octanol–water partition coefficient (Wildman–Crippen LogP) is 4.00. The van der Waals surface area contributed by atoms with Crippen molar-refractivity contribution in [1.82, 2.24) is 9.80 Å². The van der Waals surface area contributed by atoms with Crippen LogP contribution >= 0.6 is 0 Å². The highest BCUT2D eigenvalue weighted by atomic mass is 16.2. The van der Waals surface area contributed by atoms with Crippen LogP contribution in [0.1, 0.15) is 65.1 Å². The Labute approximate surface area is 201 Å². The molecule has 1 spiro atoms. The minimum atomic E-state index is -0.323. The van der Waals surface area contributed by atoms with E-state index in [-0.39, 0.29) is 23.0 Å². The van der Waals surface area contributed by atoms with E-state index in [1.807, 2.05) is 29.2 Å². The summed E-state index contributed by atoms with van der Waals surface area (Å²) in [5.41, 5.74) is 4.54. The fourth-order valence-corrected chi connectivity index (χ4v) is 6.83. The third-order valence-electron chi connectivity index (χ3n) is 8.85. The van der Waals surface area contributed by atoms with E-state index in [9.17, 15) is 14.4 Å². The Morgan fingerprint density at radius 1 is 0.824 bits per heavy atom. The van der Waals surface area contributed by atoms with E-state index in [1.54, 1.807) is 0 Å². The van der Waals surface area contributed by atoms with Gasteiger partial charge in [-0.1, -0.05) is 48.5 Å². The second kappa shape index (κ2) is 8.37. The number of piperidine rings is 1. The van der Waals surface area contributed by atoms with Crippen molar-refractivity contribution in [1.29, 1.82) is 0 Å². The highest BCUT2D eigenvalue weighted by molar-refractivity contribution is 6.06. The number of hydrogen-bond donors (Lipinski definition) is 0. The van der Waals surface area contributed by atoms with Gasteiger partial charge in [-0.25, -0.2) is 0 Å². The maximum Gasteiger partial charge on any atom is 0.230 e. The molecular weight excluding hydrogens is 424 g/mol. The highest BCUT2D eigenvalue weighted by Gasteiger charge is 2.45. The molecule has 2 saturated heterocycles. The molecule has 0 radical (unpaired) electrons. The molecule has 5 nitrogen and oxygen atoms in total. The van der Waals surface area contributed by atoms with Gasteiger partial charge in [-0.05, 0) is 60.1 Å². The monoisotopic (exact) mass is 456 g/mol. The Kier molecular flexibility index (Phi) is 5.31. The zero-order valence-corrected chi connectivity index (χ0v) is 19.7. The Morgan fingerprint density at radius 3 is 2.15 bits per heavy atom. The van der Waals surface area contributed by atoms with Crippen LogP contribution in [0.3, 0.4) is 0 Å². The fourth-order valence-electron chi connectivity index (χ4n) is 6.83. The van der Waals surface area contributed by atoms with E-state index < -0.39 is 0 Å². The van der Waals surface area contributed by atoms with E-state index in [0.717, 1.165) is 63.8 Å². The third kappa shape index (κ3) is 3.75. The SMILES string of the molecule is O=C1CC(C(=O)N2CCC3(CCN(C(=O)CC4Cc5ccccc5C4)CC3)C2)c2ccccc21. The number of hydrogen-bond acceptors (Lipinski definition) is 3. The topological polar surface area (TPSA) is 57.7 Å². The molecule has 0 N–H and O–H groups in total.